The van der Waals surface area contributed by atoms with Crippen LogP contribution < -0.4 is 4.80 Å². The number of aromatic nitrogens is 1. The molecule has 0 bridgehead atoms. The van der Waals surface area contributed by atoms with Crippen LogP contribution in [0.1, 0.15) is 11.1 Å². The Bertz CT molecular complexity index is 1460. The van der Waals surface area contributed by atoms with Gasteiger partial charge in [0.1, 0.15) is 22.8 Å². The summed E-state index contributed by atoms with van der Waals surface area (Å²) >= 11 is 1.48. The van der Waals surface area contributed by atoms with Gasteiger partial charge in [0.05, 0.1) is 6.21 Å². The quantitative estimate of drug-likeness (QED) is 0.336. The smallest absolute Gasteiger partial charge is 0.206 e. The summed E-state index contributed by atoms with van der Waals surface area (Å²) in [6.45, 7) is 0.615. The predicted octanol–water partition coefficient (Wildman–Crippen LogP) is 5.40. The molecular formula is C26H21N3O3S. The lowest BCUT2D eigenvalue weighted by Gasteiger charge is -2.02. The van der Waals surface area contributed by atoms with Crippen molar-refractivity contribution in [1.82, 2.24) is 4.68 Å². The second kappa shape index (κ2) is 9.18. The average Bonchev–Trinajstić information content (AvgIpc) is 3.43. The Morgan fingerprint density at radius 1 is 0.939 bits per heavy atom. The van der Waals surface area contributed by atoms with Crippen LogP contribution in [0.3, 0.4) is 0 Å². The van der Waals surface area contributed by atoms with E-state index in [2.05, 4.69) is 17.2 Å². The van der Waals surface area contributed by atoms with Crippen molar-refractivity contribution in [2.75, 3.05) is 6.54 Å². The van der Waals surface area contributed by atoms with Crippen LogP contribution in [0.2, 0.25) is 0 Å². The lowest BCUT2D eigenvalue weighted by Crippen LogP contribution is -2.13. The molecule has 2 heterocycles. The fraction of sp³-hybridized carbons (Fsp3) is 0.0769. The van der Waals surface area contributed by atoms with E-state index < -0.39 is 0 Å². The SMILES string of the molecule is Oc1ccc(C=Nn2c(-c3cc4ccccc4o3)csc2=NCCc2ccccc2)c(O)c1. The molecular weight excluding hydrogens is 434 g/mol. The minimum Gasteiger partial charge on any atom is -0.508 e. The van der Waals surface area contributed by atoms with Crippen LogP contribution in [-0.4, -0.2) is 27.6 Å². The number of benzene rings is 3. The number of rotatable bonds is 6. The summed E-state index contributed by atoms with van der Waals surface area (Å²) in [5.41, 5.74) is 3.27. The van der Waals surface area contributed by atoms with Crippen molar-refractivity contribution in [2.45, 2.75) is 6.42 Å². The predicted molar refractivity (Wildman–Crippen MR) is 131 cm³/mol. The van der Waals surface area contributed by atoms with E-state index in [4.69, 9.17) is 9.41 Å². The molecule has 0 unspecified atom stereocenters. The second-order valence-corrected chi connectivity index (χ2v) is 8.31. The lowest BCUT2D eigenvalue weighted by molar-refractivity contribution is 0.450. The number of thiazole rings is 1. The Morgan fingerprint density at radius 3 is 2.58 bits per heavy atom. The normalized spacial score (nSPS) is 12.2. The van der Waals surface area contributed by atoms with Crippen molar-refractivity contribution < 1.29 is 14.6 Å². The molecule has 6 nitrogen and oxygen atoms in total. The first-order valence-electron chi connectivity index (χ1n) is 10.5. The average molecular weight is 456 g/mol. The maximum absolute atomic E-state index is 10.1. The zero-order valence-corrected chi connectivity index (χ0v) is 18.4. The van der Waals surface area contributed by atoms with Crippen LogP contribution in [0.25, 0.3) is 22.4 Å². The van der Waals surface area contributed by atoms with Crippen molar-refractivity contribution in [3.63, 3.8) is 0 Å². The van der Waals surface area contributed by atoms with Crippen LogP contribution in [0.5, 0.6) is 11.5 Å². The van der Waals surface area contributed by atoms with E-state index in [9.17, 15) is 10.2 Å². The fourth-order valence-electron chi connectivity index (χ4n) is 3.48. The summed E-state index contributed by atoms with van der Waals surface area (Å²) in [6, 6.07) is 24.4. The summed E-state index contributed by atoms with van der Waals surface area (Å²) in [5.74, 6) is 0.624. The van der Waals surface area contributed by atoms with Crippen LogP contribution in [0.4, 0.5) is 0 Å². The van der Waals surface area contributed by atoms with Gasteiger partial charge in [-0.25, -0.2) is 4.68 Å². The highest BCUT2D eigenvalue weighted by atomic mass is 32.1. The number of nitrogens with zero attached hydrogens (tertiary/aromatic N) is 3. The van der Waals surface area contributed by atoms with Gasteiger partial charge in [0.15, 0.2) is 5.76 Å². The van der Waals surface area contributed by atoms with E-state index in [1.54, 1.807) is 17.0 Å². The topological polar surface area (TPSA) is 83.2 Å². The van der Waals surface area contributed by atoms with Crippen molar-refractivity contribution in [1.29, 1.82) is 0 Å². The van der Waals surface area contributed by atoms with E-state index >= 15 is 0 Å². The molecule has 164 valence electrons. The van der Waals surface area contributed by atoms with Crippen molar-refractivity contribution >= 4 is 28.5 Å². The van der Waals surface area contributed by atoms with E-state index in [0.29, 0.717) is 17.9 Å². The molecule has 0 amide bonds. The van der Waals surface area contributed by atoms with E-state index in [0.717, 1.165) is 27.9 Å². The van der Waals surface area contributed by atoms with Gasteiger partial charge in [-0.2, -0.15) is 5.10 Å². The lowest BCUT2D eigenvalue weighted by atomic mass is 10.2. The van der Waals surface area contributed by atoms with Gasteiger partial charge in [-0.3, -0.25) is 4.99 Å². The van der Waals surface area contributed by atoms with Crippen LogP contribution in [0, 0.1) is 0 Å². The summed E-state index contributed by atoms with van der Waals surface area (Å²) < 4.78 is 7.78. The summed E-state index contributed by atoms with van der Waals surface area (Å²) in [5, 5.41) is 27.3. The number of aromatic hydroxyl groups is 2. The molecule has 0 saturated heterocycles. The highest BCUT2D eigenvalue weighted by molar-refractivity contribution is 7.07. The van der Waals surface area contributed by atoms with Gasteiger partial charge in [0.25, 0.3) is 0 Å². The summed E-state index contributed by atoms with van der Waals surface area (Å²) in [6.07, 6.45) is 2.37. The molecule has 0 aliphatic rings. The molecule has 7 heteroatoms. The van der Waals surface area contributed by atoms with Crippen molar-refractivity contribution in [3.8, 4) is 23.0 Å². The van der Waals surface area contributed by atoms with Gasteiger partial charge in [-0.05, 0) is 36.2 Å². The first-order valence-corrected chi connectivity index (χ1v) is 11.4. The zero-order valence-electron chi connectivity index (χ0n) is 17.6. The van der Waals surface area contributed by atoms with E-state index in [1.807, 2.05) is 53.9 Å². The Labute approximate surface area is 194 Å². The fourth-order valence-corrected chi connectivity index (χ4v) is 4.33. The Balaban J connectivity index is 1.54. The number of furan rings is 1. The minimum atomic E-state index is -0.0533. The number of hydrogen-bond donors (Lipinski definition) is 2. The third kappa shape index (κ3) is 4.58. The Morgan fingerprint density at radius 2 is 1.76 bits per heavy atom. The molecule has 0 saturated carbocycles. The molecule has 0 aliphatic heterocycles. The highest BCUT2D eigenvalue weighted by Gasteiger charge is 2.13. The van der Waals surface area contributed by atoms with Crippen molar-refractivity contribution in [3.05, 3.63) is 100 Å². The molecule has 0 radical (unpaired) electrons. The Hall–Kier alpha value is -4.10. The van der Waals surface area contributed by atoms with Gasteiger partial charge in [-0.1, -0.05) is 48.5 Å². The van der Waals surface area contributed by atoms with Crippen LogP contribution in [-0.2, 0) is 6.42 Å². The molecule has 2 N–H and O–H groups in total. The maximum Gasteiger partial charge on any atom is 0.206 e. The molecule has 5 aromatic rings. The molecule has 5 rings (SSSR count). The molecule has 0 atom stereocenters. The largest absolute Gasteiger partial charge is 0.508 e. The van der Waals surface area contributed by atoms with E-state index in [1.165, 1.54) is 29.0 Å². The van der Waals surface area contributed by atoms with Gasteiger partial charge in [0.2, 0.25) is 4.80 Å². The third-order valence-corrected chi connectivity index (χ3v) is 6.03. The van der Waals surface area contributed by atoms with Gasteiger partial charge in [-0.15, -0.1) is 11.3 Å². The molecule has 0 fully saturated rings. The Kier molecular flexibility index (Phi) is 5.78. The second-order valence-electron chi connectivity index (χ2n) is 7.47. The number of phenols is 2. The minimum absolute atomic E-state index is 0.00704. The molecule has 0 spiro atoms. The summed E-state index contributed by atoms with van der Waals surface area (Å²) in [4.78, 5) is 5.49. The van der Waals surface area contributed by atoms with E-state index in [-0.39, 0.29) is 11.5 Å². The maximum atomic E-state index is 10.1. The number of para-hydroxylation sites is 1. The molecule has 0 aliphatic carbocycles. The molecule has 2 aromatic heterocycles. The van der Waals surface area contributed by atoms with Crippen LogP contribution in [0.15, 0.2) is 98.8 Å². The molecule has 3 aromatic carbocycles. The molecule has 33 heavy (non-hydrogen) atoms. The van der Waals surface area contributed by atoms with Gasteiger partial charge >= 0.3 is 0 Å². The summed E-state index contributed by atoms with van der Waals surface area (Å²) in [7, 11) is 0. The monoisotopic (exact) mass is 455 g/mol. The number of fused-ring (bicyclic) bond motifs is 1. The van der Waals surface area contributed by atoms with Gasteiger partial charge in [0, 0.05) is 28.9 Å². The first kappa shape index (κ1) is 20.8. The van der Waals surface area contributed by atoms with Gasteiger partial charge < -0.3 is 14.6 Å². The first-order chi connectivity index (χ1) is 16.2. The highest BCUT2D eigenvalue weighted by Crippen LogP contribution is 2.28. The van der Waals surface area contributed by atoms with Crippen molar-refractivity contribution in [2.24, 2.45) is 10.1 Å². The third-order valence-electron chi connectivity index (χ3n) is 5.18. The standard InChI is InChI=1S/C26H21N3O3S/c30-21-11-10-20(23(31)15-21)16-28-29-22(25-14-19-8-4-5-9-24(19)32-25)17-33-26(29)27-13-12-18-6-2-1-3-7-18/h1-11,14-17,30-31H,12-13H2. The zero-order chi connectivity index (χ0) is 22.6. The number of hydrogen-bond acceptors (Lipinski definition) is 6. The number of phenolic OH excluding ortho intramolecular Hbond substituents is 2. The van der Waals surface area contributed by atoms with Crippen LogP contribution >= 0.6 is 11.3 Å².